The number of ether oxygens (including phenoxy) is 1. The Bertz CT molecular complexity index is 719. The van der Waals surface area contributed by atoms with E-state index < -0.39 is 11.4 Å². The first-order valence-electron chi connectivity index (χ1n) is 7.44. The van der Waals surface area contributed by atoms with Crippen LogP contribution in [0.25, 0.3) is 11.1 Å². The number of hydrogen-bond donors (Lipinski definition) is 0. The van der Waals surface area contributed by atoms with Crippen molar-refractivity contribution in [3.63, 3.8) is 0 Å². The lowest BCUT2D eigenvalue weighted by molar-refractivity contribution is -0.0372. The molecule has 0 saturated carbocycles. The molecule has 1 amide bonds. The molecule has 2 aromatic rings. The maximum atomic E-state index is 14.5. The van der Waals surface area contributed by atoms with Gasteiger partial charge in [0.25, 0.3) is 5.91 Å². The van der Waals surface area contributed by atoms with E-state index in [0.29, 0.717) is 30.9 Å². The number of nitrogens with zero attached hydrogens (tertiary/aromatic N) is 3. The fourth-order valence-corrected chi connectivity index (χ4v) is 2.70. The van der Waals surface area contributed by atoms with Crippen LogP contribution in [0.4, 0.5) is 4.39 Å². The van der Waals surface area contributed by atoms with Gasteiger partial charge in [0.05, 0.1) is 24.3 Å². The Balaban J connectivity index is 1.90. The standard InChI is InChI=1S/C17H18FN3O2/c1-17(2)10-23-6-5-21(17)16(22)14-4-3-12(7-15(14)18)13-8-19-11-20-9-13/h3-4,7-9,11H,5-6,10H2,1-2H3. The van der Waals surface area contributed by atoms with E-state index in [1.807, 2.05) is 13.8 Å². The van der Waals surface area contributed by atoms with Crippen molar-refractivity contribution in [3.05, 3.63) is 48.3 Å². The normalized spacial score (nSPS) is 17.1. The van der Waals surface area contributed by atoms with Crippen LogP contribution in [0.15, 0.2) is 36.9 Å². The van der Waals surface area contributed by atoms with Crippen LogP contribution in [-0.2, 0) is 4.74 Å². The third kappa shape index (κ3) is 3.07. The molecule has 2 heterocycles. The summed E-state index contributed by atoms with van der Waals surface area (Å²) in [6, 6.07) is 4.58. The average molecular weight is 315 g/mol. The van der Waals surface area contributed by atoms with E-state index in [-0.39, 0.29) is 11.5 Å². The molecule has 1 aliphatic heterocycles. The highest BCUT2D eigenvalue weighted by atomic mass is 19.1. The van der Waals surface area contributed by atoms with Gasteiger partial charge in [0.1, 0.15) is 12.1 Å². The van der Waals surface area contributed by atoms with Crippen LogP contribution in [0.5, 0.6) is 0 Å². The molecule has 0 N–H and O–H groups in total. The van der Waals surface area contributed by atoms with E-state index in [9.17, 15) is 9.18 Å². The molecule has 23 heavy (non-hydrogen) atoms. The van der Waals surface area contributed by atoms with Gasteiger partial charge in [-0.15, -0.1) is 0 Å². The Kier molecular flexibility index (Phi) is 4.09. The minimum atomic E-state index is -0.543. The number of carbonyl (C=O) groups is 1. The van der Waals surface area contributed by atoms with E-state index in [0.717, 1.165) is 0 Å². The van der Waals surface area contributed by atoms with Gasteiger partial charge in [-0.05, 0) is 31.5 Å². The highest BCUT2D eigenvalue weighted by Gasteiger charge is 2.35. The maximum Gasteiger partial charge on any atom is 0.257 e. The van der Waals surface area contributed by atoms with Gasteiger partial charge >= 0.3 is 0 Å². The summed E-state index contributed by atoms with van der Waals surface area (Å²) in [5, 5.41) is 0. The molecule has 0 atom stereocenters. The molecule has 1 aliphatic rings. The van der Waals surface area contributed by atoms with Gasteiger partial charge < -0.3 is 9.64 Å². The Morgan fingerprint density at radius 1 is 1.26 bits per heavy atom. The molecule has 5 nitrogen and oxygen atoms in total. The summed E-state index contributed by atoms with van der Waals surface area (Å²) in [6.07, 6.45) is 4.63. The average Bonchev–Trinajstić information content (AvgIpc) is 2.54. The smallest absolute Gasteiger partial charge is 0.257 e. The Hall–Kier alpha value is -2.34. The summed E-state index contributed by atoms with van der Waals surface area (Å²) in [7, 11) is 0. The predicted molar refractivity (Wildman–Crippen MR) is 83.4 cm³/mol. The molecule has 1 saturated heterocycles. The van der Waals surface area contributed by atoms with Gasteiger partial charge in [0.2, 0.25) is 0 Å². The molecule has 6 heteroatoms. The third-order valence-electron chi connectivity index (χ3n) is 3.98. The van der Waals surface area contributed by atoms with Gasteiger partial charge in [-0.3, -0.25) is 4.79 Å². The lowest BCUT2D eigenvalue weighted by Gasteiger charge is -2.42. The van der Waals surface area contributed by atoms with Crippen molar-refractivity contribution in [1.29, 1.82) is 0 Å². The summed E-state index contributed by atoms with van der Waals surface area (Å²) in [4.78, 5) is 22.2. The first-order chi connectivity index (χ1) is 11.0. The van der Waals surface area contributed by atoms with Gasteiger partial charge in [0, 0.05) is 24.5 Å². The Morgan fingerprint density at radius 3 is 2.65 bits per heavy atom. The zero-order valence-electron chi connectivity index (χ0n) is 13.1. The molecular formula is C17H18FN3O2. The number of aromatic nitrogens is 2. The monoisotopic (exact) mass is 315 g/mol. The molecule has 0 unspecified atom stereocenters. The number of benzene rings is 1. The van der Waals surface area contributed by atoms with Crippen LogP contribution in [0.1, 0.15) is 24.2 Å². The zero-order chi connectivity index (χ0) is 16.4. The predicted octanol–water partition coefficient (Wildman–Crippen LogP) is 2.53. The van der Waals surface area contributed by atoms with Crippen LogP contribution in [0.2, 0.25) is 0 Å². The second-order valence-electron chi connectivity index (χ2n) is 6.14. The number of morpholine rings is 1. The van der Waals surface area contributed by atoms with Crippen molar-refractivity contribution in [2.45, 2.75) is 19.4 Å². The van der Waals surface area contributed by atoms with Gasteiger partial charge in [-0.1, -0.05) is 6.07 Å². The van der Waals surface area contributed by atoms with E-state index in [1.165, 1.54) is 18.5 Å². The molecule has 3 rings (SSSR count). The number of rotatable bonds is 2. The molecule has 0 spiro atoms. The lowest BCUT2D eigenvalue weighted by Crippen LogP contribution is -2.55. The van der Waals surface area contributed by atoms with E-state index in [4.69, 9.17) is 4.74 Å². The van der Waals surface area contributed by atoms with E-state index in [1.54, 1.807) is 23.4 Å². The lowest BCUT2D eigenvalue weighted by atomic mass is 9.99. The van der Waals surface area contributed by atoms with Crippen LogP contribution in [0.3, 0.4) is 0 Å². The van der Waals surface area contributed by atoms with Crippen molar-refractivity contribution >= 4 is 5.91 Å². The molecule has 0 bridgehead atoms. The summed E-state index contributed by atoms with van der Waals surface area (Å²) >= 11 is 0. The van der Waals surface area contributed by atoms with Crippen molar-refractivity contribution in [1.82, 2.24) is 14.9 Å². The topological polar surface area (TPSA) is 55.3 Å². The second kappa shape index (κ2) is 6.04. The summed E-state index contributed by atoms with van der Waals surface area (Å²) in [5.74, 6) is -0.856. The minimum Gasteiger partial charge on any atom is -0.377 e. The zero-order valence-corrected chi connectivity index (χ0v) is 13.1. The van der Waals surface area contributed by atoms with Crippen LogP contribution in [-0.4, -0.2) is 46.1 Å². The Labute approximate surface area is 134 Å². The van der Waals surface area contributed by atoms with Gasteiger partial charge in [-0.25, -0.2) is 14.4 Å². The molecule has 1 aromatic carbocycles. The molecule has 1 fully saturated rings. The molecule has 1 aromatic heterocycles. The fraction of sp³-hybridized carbons (Fsp3) is 0.353. The highest BCUT2D eigenvalue weighted by molar-refractivity contribution is 5.95. The highest BCUT2D eigenvalue weighted by Crippen LogP contribution is 2.25. The largest absolute Gasteiger partial charge is 0.377 e. The van der Waals surface area contributed by atoms with Gasteiger partial charge in [-0.2, -0.15) is 0 Å². The molecule has 0 radical (unpaired) electrons. The van der Waals surface area contributed by atoms with Crippen LogP contribution < -0.4 is 0 Å². The number of amides is 1. The number of carbonyl (C=O) groups excluding carboxylic acids is 1. The van der Waals surface area contributed by atoms with E-state index >= 15 is 0 Å². The summed E-state index contributed by atoms with van der Waals surface area (Å²) < 4.78 is 19.9. The van der Waals surface area contributed by atoms with E-state index in [2.05, 4.69) is 9.97 Å². The van der Waals surface area contributed by atoms with Crippen molar-refractivity contribution in [2.24, 2.45) is 0 Å². The second-order valence-corrected chi connectivity index (χ2v) is 6.14. The first-order valence-corrected chi connectivity index (χ1v) is 7.44. The third-order valence-corrected chi connectivity index (χ3v) is 3.98. The number of hydrogen-bond acceptors (Lipinski definition) is 4. The molecule has 0 aliphatic carbocycles. The van der Waals surface area contributed by atoms with Crippen molar-refractivity contribution in [2.75, 3.05) is 19.8 Å². The SMILES string of the molecule is CC1(C)COCCN1C(=O)c1ccc(-c2cncnc2)cc1F. The molecular weight excluding hydrogens is 297 g/mol. The minimum absolute atomic E-state index is 0.0700. The van der Waals surface area contributed by atoms with Gasteiger partial charge in [0.15, 0.2) is 0 Å². The van der Waals surface area contributed by atoms with Crippen molar-refractivity contribution < 1.29 is 13.9 Å². The quantitative estimate of drug-likeness (QED) is 0.854. The van der Waals surface area contributed by atoms with Crippen LogP contribution >= 0.6 is 0 Å². The van der Waals surface area contributed by atoms with Crippen LogP contribution in [0, 0.1) is 5.82 Å². The fourth-order valence-electron chi connectivity index (χ4n) is 2.70. The molecule has 120 valence electrons. The Morgan fingerprint density at radius 2 is 2.00 bits per heavy atom. The summed E-state index contributed by atoms with van der Waals surface area (Å²) in [6.45, 7) is 5.20. The summed E-state index contributed by atoms with van der Waals surface area (Å²) in [5.41, 5.74) is 0.965. The first kappa shape index (κ1) is 15.6. The maximum absolute atomic E-state index is 14.5. The number of halogens is 1. The van der Waals surface area contributed by atoms with Crippen molar-refractivity contribution in [3.8, 4) is 11.1 Å².